The van der Waals surface area contributed by atoms with Crippen LogP contribution in [0.3, 0.4) is 0 Å². The molecule has 0 aliphatic heterocycles. The van der Waals surface area contributed by atoms with E-state index in [4.69, 9.17) is 5.41 Å². The van der Waals surface area contributed by atoms with Crippen molar-refractivity contribution in [2.75, 3.05) is 23.4 Å². The molecule has 0 unspecified atom stereocenters. The molecule has 22 heavy (non-hydrogen) atoms. The van der Waals surface area contributed by atoms with Crippen molar-refractivity contribution in [2.24, 2.45) is 0 Å². The van der Waals surface area contributed by atoms with Gasteiger partial charge in [-0.1, -0.05) is 31.2 Å². The number of rotatable bonds is 4. The summed E-state index contributed by atoms with van der Waals surface area (Å²) >= 11 is 0. The summed E-state index contributed by atoms with van der Waals surface area (Å²) in [5, 5.41) is 8.58. The summed E-state index contributed by atoms with van der Waals surface area (Å²) in [5.74, 6) is 0.487. The fraction of sp³-hybridized carbons (Fsp3) is 0.316. The number of guanidine groups is 1. The Bertz CT molecular complexity index is 649. The van der Waals surface area contributed by atoms with Crippen molar-refractivity contribution in [1.29, 1.82) is 5.41 Å². The van der Waals surface area contributed by atoms with Gasteiger partial charge in [-0.2, -0.15) is 0 Å². The van der Waals surface area contributed by atoms with Crippen LogP contribution in [0.15, 0.2) is 48.5 Å². The minimum Gasteiger partial charge on any atom is -0.316 e. The van der Waals surface area contributed by atoms with Crippen LogP contribution in [0.5, 0.6) is 0 Å². The van der Waals surface area contributed by atoms with Gasteiger partial charge in [0, 0.05) is 25.0 Å². The average Bonchev–Trinajstić information content (AvgIpc) is 2.55. The van der Waals surface area contributed by atoms with Gasteiger partial charge in [0.15, 0.2) is 0 Å². The van der Waals surface area contributed by atoms with Crippen LogP contribution in [0.1, 0.15) is 25.0 Å². The molecule has 0 atom stereocenters. The quantitative estimate of drug-likeness (QED) is 0.667. The molecule has 3 heteroatoms. The van der Waals surface area contributed by atoms with E-state index >= 15 is 0 Å². The monoisotopic (exact) mass is 295 g/mol. The lowest BCUT2D eigenvalue weighted by Gasteiger charge is -2.30. The van der Waals surface area contributed by atoms with Crippen molar-refractivity contribution in [3.8, 4) is 0 Å². The number of aryl methyl sites for hydroxylation is 2. The number of nitrogens with zero attached hydrogens (tertiary/aromatic N) is 2. The maximum atomic E-state index is 8.58. The van der Waals surface area contributed by atoms with Gasteiger partial charge in [-0.05, 0) is 55.7 Å². The van der Waals surface area contributed by atoms with Gasteiger partial charge in [0.1, 0.15) is 0 Å². The van der Waals surface area contributed by atoms with Gasteiger partial charge in [0.05, 0.1) is 0 Å². The van der Waals surface area contributed by atoms with E-state index < -0.39 is 0 Å². The zero-order chi connectivity index (χ0) is 16.1. The summed E-state index contributed by atoms with van der Waals surface area (Å²) in [4.78, 5) is 3.95. The average molecular weight is 295 g/mol. The van der Waals surface area contributed by atoms with E-state index in [1.54, 1.807) is 0 Å². The van der Waals surface area contributed by atoms with Crippen molar-refractivity contribution in [3.63, 3.8) is 0 Å². The van der Waals surface area contributed by atoms with Crippen molar-refractivity contribution in [1.82, 2.24) is 0 Å². The van der Waals surface area contributed by atoms with Crippen LogP contribution in [0.4, 0.5) is 11.4 Å². The molecule has 116 valence electrons. The maximum absolute atomic E-state index is 8.58. The Morgan fingerprint density at radius 3 is 2.32 bits per heavy atom. The summed E-state index contributed by atoms with van der Waals surface area (Å²) < 4.78 is 0. The zero-order valence-corrected chi connectivity index (χ0v) is 13.9. The third kappa shape index (κ3) is 3.48. The summed E-state index contributed by atoms with van der Waals surface area (Å²) in [6.07, 6.45) is 1.01. The predicted octanol–water partition coefficient (Wildman–Crippen LogP) is 4.45. The highest BCUT2D eigenvalue weighted by Crippen LogP contribution is 2.21. The Morgan fingerprint density at radius 1 is 1.00 bits per heavy atom. The highest BCUT2D eigenvalue weighted by Gasteiger charge is 2.16. The topological polar surface area (TPSA) is 30.3 Å². The summed E-state index contributed by atoms with van der Waals surface area (Å²) in [6, 6.07) is 16.7. The van der Waals surface area contributed by atoms with E-state index in [2.05, 4.69) is 57.2 Å². The first-order chi connectivity index (χ1) is 10.6. The summed E-state index contributed by atoms with van der Waals surface area (Å²) in [7, 11) is 1.95. The number of hydrogen-bond donors (Lipinski definition) is 1. The second kappa shape index (κ2) is 7.12. The molecule has 0 radical (unpaired) electrons. The third-order valence-electron chi connectivity index (χ3n) is 3.91. The van der Waals surface area contributed by atoms with E-state index in [9.17, 15) is 0 Å². The molecular weight excluding hydrogens is 270 g/mol. The Morgan fingerprint density at radius 2 is 1.68 bits per heavy atom. The molecule has 0 aliphatic rings. The molecule has 0 fully saturated rings. The highest BCUT2D eigenvalue weighted by molar-refractivity contribution is 6.04. The molecule has 0 saturated carbocycles. The number of anilines is 2. The van der Waals surface area contributed by atoms with Gasteiger partial charge in [-0.25, -0.2) is 0 Å². The molecule has 0 aliphatic carbocycles. The third-order valence-corrected chi connectivity index (χ3v) is 3.91. The first-order valence-corrected chi connectivity index (χ1v) is 7.82. The fourth-order valence-electron chi connectivity index (χ4n) is 2.54. The SMILES string of the molecule is CCc1cccc(N(CC)C(=N)N(C)c2cccc(C)c2)c1. The largest absolute Gasteiger partial charge is 0.316 e. The molecule has 0 saturated heterocycles. The van der Waals surface area contributed by atoms with Gasteiger partial charge in [-0.15, -0.1) is 0 Å². The number of benzene rings is 2. The first kappa shape index (κ1) is 16.1. The zero-order valence-electron chi connectivity index (χ0n) is 13.9. The number of nitrogens with one attached hydrogen (secondary N) is 1. The molecule has 2 rings (SSSR count). The van der Waals surface area contributed by atoms with Crippen LogP contribution in [0.25, 0.3) is 0 Å². The van der Waals surface area contributed by atoms with E-state index in [-0.39, 0.29) is 0 Å². The standard InChI is InChI=1S/C19H25N3/c1-5-16-10-8-12-18(14-16)22(6-2)19(20)21(4)17-11-7-9-15(3)13-17/h7-14,20H,5-6H2,1-4H3. The van der Waals surface area contributed by atoms with Gasteiger partial charge < -0.3 is 9.80 Å². The maximum Gasteiger partial charge on any atom is 0.202 e. The second-order valence-electron chi connectivity index (χ2n) is 5.49. The lowest BCUT2D eigenvalue weighted by Crippen LogP contribution is -2.42. The van der Waals surface area contributed by atoms with Crippen LogP contribution in [0, 0.1) is 12.3 Å². The fourth-order valence-corrected chi connectivity index (χ4v) is 2.54. The van der Waals surface area contributed by atoms with Gasteiger partial charge in [-0.3, -0.25) is 5.41 Å². The normalized spacial score (nSPS) is 10.4. The van der Waals surface area contributed by atoms with E-state index in [1.807, 2.05) is 29.0 Å². The molecule has 2 aromatic rings. The van der Waals surface area contributed by atoms with Crippen LogP contribution in [-0.4, -0.2) is 19.6 Å². The molecule has 0 spiro atoms. The predicted molar refractivity (Wildman–Crippen MR) is 96.1 cm³/mol. The molecule has 0 bridgehead atoms. The molecule has 0 heterocycles. The van der Waals surface area contributed by atoms with Crippen LogP contribution >= 0.6 is 0 Å². The first-order valence-electron chi connectivity index (χ1n) is 7.82. The minimum absolute atomic E-state index is 0.487. The van der Waals surface area contributed by atoms with Crippen molar-refractivity contribution in [3.05, 3.63) is 59.7 Å². The van der Waals surface area contributed by atoms with Crippen LogP contribution in [-0.2, 0) is 6.42 Å². The summed E-state index contributed by atoms with van der Waals surface area (Å²) in [5.41, 5.74) is 4.61. The van der Waals surface area contributed by atoms with Crippen molar-refractivity contribution < 1.29 is 0 Å². The van der Waals surface area contributed by atoms with Gasteiger partial charge >= 0.3 is 0 Å². The molecule has 3 nitrogen and oxygen atoms in total. The van der Waals surface area contributed by atoms with Crippen molar-refractivity contribution >= 4 is 17.3 Å². The summed E-state index contributed by atoms with van der Waals surface area (Å²) in [6.45, 7) is 7.07. The molecule has 0 amide bonds. The lowest BCUT2D eigenvalue weighted by molar-refractivity contribution is 1.000. The Balaban J connectivity index is 2.28. The molecule has 1 N–H and O–H groups in total. The molecular formula is C19H25N3. The Labute approximate surface area is 133 Å². The van der Waals surface area contributed by atoms with E-state index in [1.165, 1.54) is 11.1 Å². The second-order valence-corrected chi connectivity index (χ2v) is 5.49. The Hall–Kier alpha value is -2.29. The smallest absolute Gasteiger partial charge is 0.202 e. The number of hydrogen-bond acceptors (Lipinski definition) is 1. The van der Waals surface area contributed by atoms with Gasteiger partial charge in [0.2, 0.25) is 5.96 Å². The van der Waals surface area contributed by atoms with Crippen LogP contribution < -0.4 is 9.80 Å². The van der Waals surface area contributed by atoms with Crippen LogP contribution in [0.2, 0.25) is 0 Å². The molecule has 0 aromatic heterocycles. The van der Waals surface area contributed by atoms with Crippen molar-refractivity contribution in [2.45, 2.75) is 27.2 Å². The van der Waals surface area contributed by atoms with Gasteiger partial charge in [0.25, 0.3) is 0 Å². The van der Waals surface area contributed by atoms with E-state index in [0.29, 0.717) is 5.96 Å². The van der Waals surface area contributed by atoms with E-state index in [0.717, 1.165) is 24.3 Å². The Kier molecular flexibility index (Phi) is 5.21. The lowest BCUT2D eigenvalue weighted by atomic mass is 10.1. The molecule has 2 aromatic carbocycles. The highest BCUT2D eigenvalue weighted by atomic mass is 15.3. The minimum atomic E-state index is 0.487.